The summed E-state index contributed by atoms with van der Waals surface area (Å²) >= 11 is 0. The minimum absolute atomic E-state index is 0.213. The van der Waals surface area contributed by atoms with Crippen LogP contribution in [0.5, 0.6) is 5.75 Å². The number of nitrogens with one attached hydrogen (secondary N) is 1. The Morgan fingerprint density at radius 2 is 2.16 bits per heavy atom. The van der Waals surface area contributed by atoms with Crippen molar-refractivity contribution in [3.63, 3.8) is 0 Å². The van der Waals surface area contributed by atoms with E-state index in [2.05, 4.69) is 5.32 Å². The third-order valence-electron chi connectivity index (χ3n) is 3.20. The largest absolute Gasteiger partial charge is 0.495 e. The van der Waals surface area contributed by atoms with Crippen LogP contribution in [-0.4, -0.2) is 24.1 Å². The minimum atomic E-state index is -1.35. The van der Waals surface area contributed by atoms with Crippen LogP contribution >= 0.6 is 0 Å². The highest BCUT2D eigenvalue weighted by molar-refractivity contribution is 6.11. The summed E-state index contributed by atoms with van der Waals surface area (Å²) in [6.45, 7) is 0. The van der Waals surface area contributed by atoms with E-state index < -0.39 is 17.3 Å². The summed E-state index contributed by atoms with van der Waals surface area (Å²) in [5.74, 6) is -1.42. The SMILES string of the molecule is COc1cccc(C#N)c1NC(=O)C1(C(=O)O)CC1. The first-order valence-electron chi connectivity index (χ1n) is 5.67. The molecule has 0 bridgehead atoms. The average molecular weight is 260 g/mol. The number of nitriles is 1. The first kappa shape index (κ1) is 12.9. The van der Waals surface area contributed by atoms with E-state index in [0.29, 0.717) is 18.6 Å². The molecule has 0 heterocycles. The Labute approximate surface area is 109 Å². The monoisotopic (exact) mass is 260 g/mol. The van der Waals surface area contributed by atoms with E-state index in [9.17, 15) is 9.59 Å². The van der Waals surface area contributed by atoms with Gasteiger partial charge in [0.25, 0.3) is 0 Å². The van der Waals surface area contributed by atoms with Crippen LogP contribution in [0.2, 0.25) is 0 Å². The normalized spacial score (nSPS) is 15.2. The molecule has 1 saturated carbocycles. The van der Waals surface area contributed by atoms with Gasteiger partial charge in [-0.25, -0.2) is 0 Å². The standard InChI is InChI=1S/C13H12N2O4/c1-19-9-4-2-3-8(7-14)10(9)15-11(16)13(5-6-13)12(17)18/h2-4H,5-6H2,1H3,(H,15,16)(H,17,18). The number of carboxylic acids is 1. The summed E-state index contributed by atoms with van der Waals surface area (Å²) in [7, 11) is 1.41. The van der Waals surface area contributed by atoms with Crippen LogP contribution in [0.1, 0.15) is 18.4 Å². The number of hydrogen-bond acceptors (Lipinski definition) is 4. The van der Waals surface area contributed by atoms with Gasteiger partial charge in [-0.1, -0.05) is 6.07 Å². The van der Waals surface area contributed by atoms with Gasteiger partial charge in [0.1, 0.15) is 22.9 Å². The molecule has 1 aromatic carbocycles. The third kappa shape index (κ3) is 2.10. The fraction of sp³-hybridized carbons (Fsp3) is 0.308. The number of para-hydroxylation sites is 1. The Morgan fingerprint density at radius 3 is 2.63 bits per heavy atom. The lowest BCUT2D eigenvalue weighted by molar-refractivity contribution is -0.147. The molecule has 6 heteroatoms. The van der Waals surface area contributed by atoms with Gasteiger partial charge in [-0.05, 0) is 25.0 Å². The number of carbonyl (C=O) groups excluding carboxylic acids is 1. The maximum absolute atomic E-state index is 12.0. The molecule has 0 unspecified atom stereocenters. The van der Waals surface area contributed by atoms with E-state index in [0.717, 1.165) is 0 Å². The number of rotatable bonds is 4. The van der Waals surface area contributed by atoms with Crippen LogP contribution in [0.15, 0.2) is 18.2 Å². The first-order valence-corrected chi connectivity index (χ1v) is 5.67. The molecule has 0 radical (unpaired) electrons. The summed E-state index contributed by atoms with van der Waals surface area (Å²) in [6.07, 6.45) is 0.621. The summed E-state index contributed by atoms with van der Waals surface area (Å²) < 4.78 is 5.07. The highest BCUT2D eigenvalue weighted by atomic mass is 16.5. The summed E-state index contributed by atoms with van der Waals surface area (Å²) in [5, 5.41) is 20.6. The van der Waals surface area contributed by atoms with Crippen molar-refractivity contribution in [3.05, 3.63) is 23.8 Å². The second-order valence-electron chi connectivity index (χ2n) is 4.34. The van der Waals surface area contributed by atoms with Crippen molar-refractivity contribution in [1.29, 1.82) is 5.26 Å². The molecule has 19 heavy (non-hydrogen) atoms. The van der Waals surface area contributed by atoms with Crippen molar-refractivity contribution in [2.24, 2.45) is 5.41 Å². The van der Waals surface area contributed by atoms with Crippen LogP contribution in [-0.2, 0) is 9.59 Å². The van der Waals surface area contributed by atoms with Crippen LogP contribution in [0, 0.1) is 16.7 Å². The van der Waals surface area contributed by atoms with E-state index in [4.69, 9.17) is 15.1 Å². The molecule has 1 aromatic rings. The quantitative estimate of drug-likeness (QED) is 0.796. The van der Waals surface area contributed by atoms with Crippen molar-refractivity contribution in [2.75, 3.05) is 12.4 Å². The lowest BCUT2D eigenvalue weighted by Gasteiger charge is -2.14. The lowest BCUT2D eigenvalue weighted by atomic mass is 10.1. The summed E-state index contributed by atoms with van der Waals surface area (Å²) in [6, 6.07) is 6.68. The van der Waals surface area contributed by atoms with Gasteiger partial charge >= 0.3 is 5.97 Å². The predicted molar refractivity (Wildman–Crippen MR) is 65.6 cm³/mol. The van der Waals surface area contributed by atoms with Gasteiger partial charge in [-0.15, -0.1) is 0 Å². The van der Waals surface area contributed by atoms with Crippen LogP contribution < -0.4 is 10.1 Å². The highest BCUT2D eigenvalue weighted by Gasteiger charge is 2.57. The Balaban J connectivity index is 2.32. The zero-order valence-corrected chi connectivity index (χ0v) is 10.3. The minimum Gasteiger partial charge on any atom is -0.495 e. The van der Waals surface area contributed by atoms with E-state index in [-0.39, 0.29) is 11.3 Å². The zero-order valence-electron chi connectivity index (χ0n) is 10.3. The van der Waals surface area contributed by atoms with Crippen LogP contribution in [0.25, 0.3) is 0 Å². The molecule has 2 rings (SSSR count). The Morgan fingerprint density at radius 1 is 1.47 bits per heavy atom. The molecule has 1 fully saturated rings. The molecule has 1 aliphatic carbocycles. The lowest BCUT2D eigenvalue weighted by Crippen LogP contribution is -2.31. The average Bonchev–Trinajstić information content (AvgIpc) is 3.20. The number of benzene rings is 1. The van der Waals surface area contributed by atoms with E-state index >= 15 is 0 Å². The van der Waals surface area contributed by atoms with Crippen molar-refractivity contribution in [2.45, 2.75) is 12.8 Å². The molecule has 1 aliphatic rings. The number of ether oxygens (including phenoxy) is 1. The van der Waals surface area contributed by atoms with Crippen LogP contribution in [0.4, 0.5) is 5.69 Å². The molecule has 0 atom stereocenters. The van der Waals surface area contributed by atoms with Crippen molar-refractivity contribution in [3.8, 4) is 11.8 Å². The molecular weight excluding hydrogens is 248 g/mol. The van der Waals surface area contributed by atoms with Gasteiger partial charge in [-0.2, -0.15) is 5.26 Å². The Hall–Kier alpha value is -2.55. The zero-order chi connectivity index (χ0) is 14.0. The Kier molecular flexibility index (Phi) is 3.13. The molecule has 6 nitrogen and oxygen atoms in total. The number of methoxy groups -OCH3 is 1. The van der Waals surface area contributed by atoms with Gasteiger partial charge in [0.15, 0.2) is 0 Å². The molecule has 0 aromatic heterocycles. The third-order valence-corrected chi connectivity index (χ3v) is 3.20. The molecule has 0 saturated heterocycles. The van der Waals surface area contributed by atoms with Gasteiger partial charge in [0.05, 0.1) is 12.7 Å². The maximum Gasteiger partial charge on any atom is 0.319 e. The smallest absolute Gasteiger partial charge is 0.319 e. The summed E-state index contributed by atoms with van der Waals surface area (Å²) in [5.41, 5.74) is -0.910. The van der Waals surface area contributed by atoms with Gasteiger partial charge in [0, 0.05) is 0 Å². The van der Waals surface area contributed by atoms with E-state index in [1.54, 1.807) is 12.1 Å². The number of hydrogen-bond donors (Lipinski definition) is 2. The molecule has 2 N–H and O–H groups in total. The van der Waals surface area contributed by atoms with E-state index in [1.807, 2.05) is 6.07 Å². The molecule has 0 aliphatic heterocycles. The summed E-state index contributed by atoms with van der Waals surface area (Å²) in [4.78, 5) is 23.1. The molecule has 98 valence electrons. The van der Waals surface area contributed by atoms with Gasteiger partial charge < -0.3 is 15.2 Å². The molecule has 0 spiro atoms. The second-order valence-corrected chi connectivity index (χ2v) is 4.34. The van der Waals surface area contributed by atoms with Gasteiger partial charge in [0.2, 0.25) is 5.91 Å². The molecule has 1 amide bonds. The number of carboxylic acid groups (broad SMARTS) is 1. The first-order chi connectivity index (χ1) is 9.05. The van der Waals surface area contributed by atoms with Gasteiger partial charge in [-0.3, -0.25) is 9.59 Å². The highest BCUT2D eigenvalue weighted by Crippen LogP contribution is 2.47. The topological polar surface area (TPSA) is 99.4 Å². The van der Waals surface area contributed by atoms with E-state index in [1.165, 1.54) is 13.2 Å². The van der Waals surface area contributed by atoms with Crippen LogP contribution in [0.3, 0.4) is 0 Å². The molecular formula is C13H12N2O4. The maximum atomic E-state index is 12.0. The number of amides is 1. The number of nitrogens with zero attached hydrogens (tertiary/aromatic N) is 1. The Bertz CT molecular complexity index is 585. The van der Waals surface area contributed by atoms with Crippen molar-refractivity contribution in [1.82, 2.24) is 0 Å². The fourth-order valence-corrected chi connectivity index (χ4v) is 1.82. The number of anilines is 1. The number of aliphatic carboxylic acids is 1. The van der Waals surface area contributed by atoms with Crippen molar-refractivity contribution < 1.29 is 19.4 Å². The predicted octanol–water partition coefficient (Wildman–Crippen LogP) is 1.37. The fourth-order valence-electron chi connectivity index (χ4n) is 1.82. The second kappa shape index (κ2) is 4.61. The van der Waals surface area contributed by atoms with Crippen molar-refractivity contribution >= 4 is 17.6 Å². The number of carbonyl (C=O) groups is 2.